The van der Waals surface area contributed by atoms with Crippen LogP contribution in [-0.4, -0.2) is 36.7 Å². The quantitative estimate of drug-likeness (QED) is 0.710. The molecule has 136 valence electrons. The van der Waals surface area contributed by atoms with E-state index in [0.29, 0.717) is 39.4 Å². The fraction of sp³-hybridized carbons (Fsp3) is 0.278. The molecule has 0 unspecified atom stereocenters. The van der Waals surface area contributed by atoms with Crippen LogP contribution in [0, 0.1) is 6.92 Å². The van der Waals surface area contributed by atoms with Crippen LogP contribution in [0.3, 0.4) is 0 Å². The van der Waals surface area contributed by atoms with Crippen LogP contribution in [0.15, 0.2) is 24.5 Å². The van der Waals surface area contributed by atoms with Crippen LogP contribution < -0.4 is 19.5 Å². The maximum Gasteiger partial charge on any atom is 0.266 e. The third-order valence-electron chi connectivity index (χ3n) is 3.83. The number of methoxy groups -OCH3 is 2. The molecule has 0 aliphatic rings. The molecule has 1 N–H and O–H groups in total. The molecule has 3 rings (SSSR count). The Balaban J connectivity index is 1.99. The lowest BCUT2D eigenvalue weighted by atomic mass is 10.2. The number of ether oxygens (including phenoxy) is 3. The Morgan fingerprint density at radius 1 is 1.23 bits per heavy atom. The second-order valence-electron chi connectivity index (χ2n) is 5.37. The molecule has 2 heterocycles. The lowest BCUT2D eigenvalue weighted by Gasteiger charge is -2.11. The fourth-order valence-electron chi connectivity index (χ4n) is 2.59. The van der Waals surface area contributed by atoms with Crippen molar-refractivity contribution in [2.45, 2.75) is 13.8 Å². The van der Waals surface area contributed by atoms with E-state index in [4.69, 9.17) is 14.2 Å². The van der Waals surface area contributed by atoms with E-state index in [1.54, 1.807) is 32.4 Å². The number of rotatable bonds is 6. The number of anilines is 1. The molecule has 0 aliphatic carbocycles. The second-order valence-corrected chi connectivity index (χ2v) is 6.37. The van der Waals surface area contributed by atoms with Gasteiger partial charge in [0.15, 0.2) is 0 Å². The van der Waals surface area contributed by atoms with Crippen LogP contribution in [0.2, 0.25) is 0 Å². The average molecular weight is 373 g/mol. The number of carbonyl (C=O) groups excluding carboxylic acids is 1. The summed E-state index contributed by atoms with van der Waals surface area (Å²) in [6, 6.07) is 5.22. The number of aryl methyl sites for hydroxylation is 1. The second kappa shape index (κ2) is 7.57. The third-order valence-corrected chi connectivity index (χ3v) is 5.03. The lowest BCUT2D eigenvalue weighted by Crippen LogP contribution is -2.12. The smallest absolute Gasteiger partial charge is 0.266 e. The van der Waals surface area contributed by atoms with Gasteiger partial charge in [-0.3, -0.25) is 4.79 Å². The number of nitrogens with one attached hydrogen (secondary N) is 1. The zero-order chi connectivity index (χ0) is 18.7. The molecule has 8 heteroatoms. The summed E-state index contributed by atoms with van der Waals surface area (Å²) < 4.78 is 16.1. The number of carbonyl (C=O) groups is 1. The first kappa shape index (κ1) is 17.9. The summed E-state index contributed by atoms with van der Waals surface area (Å²) in [7, 11) is 3.11. The van der Waals surface area contributed by atoms with Crippen LogP contribution in [0.4, 0.5) is 5.69 Å². The van der Waals surface area contributed by atoms with Crippen molar-refractivity contribution in [3.05, 3.63) is 35.0 Å². The molecule has 1 aromatic carbocycles. The summed E-state index contributed by atoms with van der Waals surface area (Å²) in [4.78, 5) is 22.5. The van der Waals surface area contributed by atoms with Gasteiger partial charge in [0, 0.05) is 6.07 Å². The van der Waals surface area contributed by atoms with Crippen LogP contribution in [0.1, 0.15) is 22.2 Å². The van der Waals surface area contributed by atoms with Gasteiger partial charge in [-0.1, -0.05) is 0 Å². The zero-order valence-corrected chi connectivity index (χ0v) is 15.8. The van der Waals surface area contributed by atoms with Gasteiger partial charge in [0.05, 0.1) is 36.8 Å². The number of hydrogen-bond donors (Lipinski definition) is 1. The minimum Gasteiger partial charge on any atom is -0.497 e. The molecule has 3 aromatic rings. The highest BCUT2D eigenvalue weighted by Crippen LogP contribution is 2.36. The third kappa shape index (κ3) is 3.28. The minimum absolute atomic E-state index is 0.250. The molecule has 0 saturated carbocycles. The van der Waals surface area contributed by atoms with Crippen molar-refractivity contribution in [1.29, 1.82) is 0 Å². The molecule has 0 aliphatic heterocycles. The highest BCUT2D eigenvalue weighted by Gasteiger charge is 2.21. The van der Waals surface area contributed by atoms with Gasteiger partial charge in [-0.15, -0.1) is 11.3 Å². The van der Waals surface area contributed by atoms with Crippen molar-refractivity contribution >= 4 is 33.1 Å². The summed E-state index contributed by atoms with van der Waals surface area (Å²) in [5, 5.41) is 3.65. The maximum atomic E-state index is 12.9. The molecule has 0 radical (unpaired) electrons. The van der Waals surface area contributed by atoms with Crippen molar-refractivity contribution in [2.24, 2.45) is 0 Å². The molecule has 0 fully saturated rings. The van der Waals surface area contributed by atoms with Gasteiger partial charge in [0.2, 0.25) is 5.88 Å². The van der Waals surface area contributed by atoms with Crippen molar-refractivity contribution in [1.82, 2.24) is 9.97 Å². The number of thiophene rings is 1. The Hall–Kier alpha value is -2.87. The number of aromatic nitrogens is 2. The van der Waals surface area contributed by atoms with Crippen LogP contribution in [0.5, 0.6) is 17.4 Å². The molecule has 0 spiro atoms. The van der Waals surface area contributed by atoms with E-state index in [1.165, 1.54) is 17.7 Å². The Bertz CT molecular complexity index is 955. The van der Waals surface area contributed by atoms with E-state index < -0.39 is 0 Å². The molecule has 7 nitrogen and oxygen atoms in total. The first-order valence-electron chi connectivity index (χ1n) is 7.99. The van der Waals surface area contributed by atoms with Gasteiger partial charge in [-0.2, -0.15) is 0 Å². The zero-order valence-electron chi connectivity index (χ0n) is 15.0. The summed E-state index contributed by atoms with van der Waals surface area (Å²) in [6.07, 6.45) is 1.44. The van der Waals surface area contributed by atoms with E-state index >= 15 is 0 Å². The van der Waals surface area contributed by atoms with Gasteiger partial charge in [0.1, 0.15) is 22.7 Å². The number of benzene rings is 1. The summed E-state index contributed by atoms with van der Waals surface area (Å²) >= 11 is 1.30. The topological polar surface area (TPSA) is 82.6 Å². The molecule has 0 atom stereocenters. The van der Waals surface area contributed by atoms with E-state index in [1.807, 2.05) is 13.8 Å². The maximum absolute atomic E-state index is 12.9. The van der Waals surface area contributed by atoms with E-state index in [2.05, 4.69) is 15.3 Å². The van der Waals surface area contributed by atoms with Crippen molar-refractivity contribution in [2.75, 3.05) is 26.1 Å². The molecule has 2 aromatic heterocycles. The van der Waals surface area contributed by atoms with Crippen LogP contribution >= 0.6 is 11.3 Å². The first-order valence-corrected chi connectivity index (χ1v) is 8.81. The van der Waals surface area contributed by atoms with E-state index in [0.717, 1.165) is 10.9 Å². The summed E-state index contributed by atoms with van der Waals surface area (Å²) in [6.45, 7) is 4.24. The van der Waals surface area contributed by atoms with E-state index in [-0.39, 0.29) is 5.91 Å². The van der Waals surface area contributed by atoms with Gasteiger partial charge in [0.25, 0.3) is 5.91 Å². The highest BCUT2D eigenvalue weighted by atomic mass is 32.1. The Morgan fingerprint density at radius 3 is 2.73 bits per heavy atom. The average Bonchev–Trinajstić information content (AvgIpc) is 2.99. The molecule has 1 amide bonds. The monoisotopic (exact) mass is 373 g/mol. The Labute approximate surface area is 154 Å². The summed E-state index contributed by atoms with van der Waals surface area (Å²) in [5.41, 5.74) is 1.32. The number of hydrogen-bond acceptors (Lipinski definition) is 7. The van der Waals surface area contributed by atoms with Gasteiger partial charge < -0.3 is 19.5 Å². The Morgan fingerprint density at radius 2 is 2.04 bits per heavy atom. The van der Waals surface area contributed by atoms with Gasteiger partial charge in [-0.05, 0) is 31.5 Å². The standard InChI is InChI=1S/C18H19N3O4S/c1-5-25-17-14-10(2)15(26-18(14)20-9-19-17)16(22)21-12-8-11(23-3)6-7-13(12)24-4/h6-9H,5H2,1-4H3,(H,21,22). The van der Waals surface area contributed by atoms with Crippen LogP contribution in [-0.2, 0) is 0 Å². The predicted octanol–water partition coefficient (Wildman–Crippen LogP) is 3.67. The number of amides is 1. The lowest BCUT2D eigenvalue weighted by molar-refractivity contribution is 0.102. The largest absolute Gasteiger partial charge is 0.497 e. The Kier molecular flexibility index (Phi) is 5.22. The van der Waals surface area contributed by atoms with Gasteiger partial charge in [-0.25, -0.2) is 9.97 Å². The SMILES string of the molecule is CCOc1ncnc2sc(C(=O)Nc3cc(OC)ccc3OC)c(C)c12. The fourth-order valence-corrected chi connectivity index (χ4v) is 3.63. The van der Waals surface area contributed by atoms with Crippen molar-refractivity contribution in [3.8, 4) is 17.4 Å². The highest BCUT2D eigenvalue weighted by molar-refractivity contribution is 7.20. The normalized spacial score (nSPS) is 10.6. The van der Waals surface area contributed by atoms with Crippen molar-refractivity contribution in [3.63, 3.8) is 0 Å². The molecular weight excluding hydrogens is 354 g/mol. The van der Waals surface area contributed by atoms with Crippen molar-refractivity contribution < 1.29 is 19.0 Å². The van der Waals surface area contributed by atoms with Gasteiger partial charge >= 0.3 is 0 Å². The van der Waals surface area contributed by atoms with E-state index in [9.17, 15) is 4.79 Å². The first-order chi connectivity index (χ1) is 12.6. The molecule has 0 bridgehead atoms. The molecular formula is C18H19N3O4S. The minimum atomic E-state index is -0.250. The number of fused-ring (bicyclic) bond motifs is 1. The number of nitrogens with zero attached hydrogens (tertiary/aromatic N) is 2. The van der Waals surface area contributed by atoms with Crippen LogP contribution in [0.25, 0.3) is 10.2 Å². The molecule has 26 heavy (non-hydrogen) atoms. The molecule has 0 saturated heterocycles. The predicted molar refractivity (Wildman–Crippen MR) is 101 cm³/mol. The summed E-state index contributed by atoms with van der Waals surface area (Å²) in [5.74, 6) is 1.41.